The quantitative estimate of drug-likeness (QED) is 0.274. The maximum Gasteiger partial charge on any atom is 0.323 e. The molecule has 0 aliphatic rings. The van der Waals surface area contributed by atoms with E-state index in [1.165, 1.54) is 6.26 Å². The highest BCUT2D eigenvalue weighted by molar-refractivity contribution is 6.00. The van der Waals surface area contributed by atoms with Crippen LogP contribution in [-0.4, -0.2) is 31.8 Å². The van der Waals surface area contributed by atoms with Crippen molar-refractivity contribution in [1.82, 2.24) is 0 Å². The first-order valence-electron chi connectivity index (χ1n) is 6.15. The van der Waals surface area contributed by atoms with Gasteiger partial charge >= 0.3 is 11.9 Å². The van der Waals surface area contributed by atoms with E-state index in [0.29, 0.717) is 6.42 Å². The molecule has 5 nitrogen and oxygen atoms in total. The average molecular weight is 258 g/mol. The van der Waals surface area contributed by atoms with E-state index < -0.39 is 17.4 Å². The zero-order chi connectivity index (χ0) is 14.0. The number of hydrogen-bond donors (Lipinski definition) is 0. The van der Waals surface area contributed by atoms with Crippen LogP contribution in [0.15, 0.2) is 12.8 Å². The summed E-state index contributed by atoms with van der Waals surface area (Å²) in [5.74, 6) is -1.11. The summed E-state index contributed by atoms with van der Waals surface area (Å²) >= 11 is 0. The molecule has 0 aromatic carbocycles. The fraction of sp³-hybridized carbons (Fsp3) is 0.692. The van der Waals surface area contributed by atoms with Crippen molar-refractivity contribution in [3.05, 3.63) is 12.8 Å². The van der Waals surface area contributed by atoms with E-state index in [2.05, 4.69) is 6.58 Å². The summed E-state index contributed by atoms with van der Waals surface area (Å²) in [6.45, 7) is 9.23. The van der Waals surface area contributed by atoms with Crippen LogP contribution in [-0.2, 0) is 23.8 Å². The van der Waals surface area contributed by atoms with Crippen LogP contribution in [0.5, 0.6) is 0 Å². The van der Waals surface area contributed by atoms with E-state index in [4.69, 9.17) is 14.2 Å². The summed E-state index contributed by atoms with van der Waals surface area (Å²) in [5, 5.41) is 0. The molecule has 0 bridgehead atoms. The Morgan fingerprint density at radius 2 is 1.61 bits per heavy atom. The van der Waals surface area contributed by atoms with Gasteiger partial charge in [-0.2, -0.15) is 0 Å². The molecule has 0 radical (unpaired) electrons. The van der Waals surface area contributed by atoms with Crippen LogP contribution in [0.2, 0.25) is 0 Å². The number of carbonyl (C=O) groups excluding carboxylic acids is 2. The maximum atomic E-state index is 12.0. The van der Waals surface area contributed by atoms with Crippen LogP contribution in [0.4, 0.5) is 0 Å². The molecule has 0 unspecified atom stereocenters. The van der Waals surface area contributed by atoms with E-state index >= 15 is 0 Å². The lowest BCUT2D eigenvalue weighted by atomic mass is 9.82. The molecule has 5 heteroatoms. The Kier molecular flexibility index (Phi) is 7.83. The lowest BCUT2D eigenvalue weighted by molar-refractivity contribution is -0.173. The smallest absolute Gasteiger partial charge is 0.323 e. The molecule has 0 aromatic heterocycles. The van der Waals surface area contributed by atoms with Crippen molar-refractivity contribution in [3.63, 3.8) is 0 Å². The Bertz CT molecular complexity index is 267. The van der Waals surface area contributed by atoms with Gasteiger partial charge in [-0.3, -0.25) is 9.59 Å². The molecule has 0 N–H and O–H groups in total. The molecule has 0 aromatic rings. The van der Waals surface area contributed by atoms with Crippen molar-refractivity contribution >= 4 is 11.9 Å². The highest BCUT2D eigenvalue weighted by Gasteiger charge is 2.47. The molecule has 0 atom stereocenters. The zero-order valence-corrected chi connectivity index (χ0v) is 11.4. The molecule has 104 valence electrons. The first kappa shape index (κ1) is 16.5. The van der Waals surface area contributed by atoms with E-state index in [1.807, 2.05) is 0 Å². The SMILES string of the molecule is C=COCCC(CC)(C(=O)OCC)C(=O)OCC. The van der Waals surface area contributed by atoms with Gasteiger partial charge in [0.25, 0.3) is 0 Å². The maximum absolute atomic E-state index is 12.0. The third-order valence-corrected chi connectivity index (χ3v) is 2.70. The minimum atomic E-state index is -1.28. The molecule has 18 heavy (non-hydrogen) atoms. The van der Waals surface area contributed by atoms with Gasteiger partial charge in [0.1, 0.15) is 0 Å². The van der Waals surface area contributed by atoms with Crippen LogP contribution >= 0.6 is 0 Å². The Morgan fingerprint density at radius 3 is 1.94 bits per heavy atom. The summed E-state index contributed by atoms with van der Waals surface area (Å²) in [6, 6.07) is 0. The topological polar surface area (TPSA) is 61.8 Å². The summed E-state index contributed by atoms with van der Waals surface area (Å²) < 4.78 is 14.9. The Labute approximate surface area is 108 Å². The molecular formula is C13H22O5. The fourth-order valence-corrected chi connectivity index (χ4v) is 1.61. The standard InChI is InChI=1S/C13H22O5/c1-5-13(9-10-16-6-2,11(14)17-7-3)12(15)18-8-4/h6H,2,5,7-10H2,1,3-4H3. The van der Waals surface area contributed by atoms with E-state index in [0.717, 1.165) is 0 Å². The van der Waals surface area contributed by atoms with Gasteiger partial charge in [-0.1, -0.05) is 13.5 Å². The van der Waals surface area contributed by atoms with Crippen LogP contribution in [0, 0.1) is 5.41 Å². The number of rotatable bonds is 9. The second kappa shape index (κ2) is 8.55. The molecule has 0 aliphatic carbocycles. The Hall–Kier alpha value is -1.52. The van der Waals surface area contributed by atoms with Gasteiger partial charge < -0.3 is 14.2 Å². The molecule has 0 saturated carbocycles. The highest BCUT2D eigenvalue weighted by Crippen LogP contribution is 2.30. The van der Waals surface area contributed by atoms with E-state index in [1.54, 1.807) is 20.8 Å². The Balaban J connectivity index is 4.98. The molecule has 0 spiro atoms. The minimum Gasteiger partial charge on any atom is -0.502 e. The molecule has 0 amide bonds. The van der Waals surface area contributed by atoms with E-state index in [9.17, 15) is 9.59 Å². The van der Waals surface area contributed by atoms with Gasteiger partial charge in [0.05, 0.1) is 26.1 Å². The normalized spacial score (nSPS) is 10.6. The Morgan fingerprint density at radius 1 is 1.11 bits per heavy atom. The van der Waals surface area contributed by atoms with Gasteiger partial charge in [-0.15, -0.1) is 0 Å². The molecular weight excluding hydrogens is 236 g/mol. The fourth-order valence-electron chi connectivity index (χ4n) is 1.61. The molecule has 0 aliphatic heterocycles. The van der Waals surface area contributed by atoms with Crippen molar-refractivity contribution in [2.45, 2.75) is 33.6 Å². The van der Waals surface area contributed by atoms with Crippen molar-refractivity contribution in [2.24, 2.45) is 5.41 Å². The summed E-state index contributed by atoms with van der Waals surface area (Å²) in [7, 11) is 0. The average Bonchev–Trinajstić information content (AvgIpc) is 2.35. The first-order chi connectivity index (χ1) is 8.58. The highest BCUT2D eigenvalue weighted by atomic mass is 16.6. The largest absolute Gasteiger partial charge is 0.502 e. The van der Waals surface area contributed by atoms with Crippen molar-refractivity contribution in [1.29, 1.82) is 0 Å². The predicted octanol–water partition coefficient (Wildman–Crippen LogP) is 2.06. The van der Waals surface area contributed by atoms with Gasteiger partial charge in [0.2, 0.25) is 0 Å². The lowest BCUT2D eigenvalue weighted by Crippen LogP contribution is -2.42. The zero-order valence-electron chi connectivity index (χ0n) is 11.4. The summed E-state index contributed by atoms with van der Waals surface area (Å²) in [4.78, 5) is 24.0. The van der Waals surface area contributed by atoms with Crippen molar-refractivity contribution in [2.75, 3.05) is 19.8 Å². The second-order valence-electron chi connectivity index (χ2n) is 3.66. The van der Waals surface area contributed by atoms with Crippen LogP contribution in [0.1, 0.15) is 33.6 Å². The number of carbonyl (C=O) groups is 2. The third kappa shape index (κ3) is 4.05. The minimum absolute atomic E-state index is 0.215. The lowest BCUT2D eigenvalue weighted by Gasteiger charge is -2.27. The molecule has 0 saturated heterocycles. The van der Waals surface area contributed by atoms with Crippen molar-refractivity contribution in [3.8, 4) is 0 Å². The molecule has 0 fully saturated rings. The molecule has 0 heterocycles. The summed E-state index contributed by atoms with van der Waals surface area (Å²) in [5.41, 5.74) is -1.28. The van der Waals surface area contributed by atoms with Crippen molar-refractivity contribution < 1.29 is 23.8 Å². The van der Waals surface area contributed by atoms with E-state index in [-0.39, 0.29) is 26.2 Å². The van der Waals surface area contributed by atoms with Gasteiger partial charge in [0, 0.05) is 6.42 Å². The first-order valence-corrected chi connectivity index (χ1v) is 6.15. The number of esters is 2. The van der Waals surface area contributed by atoms with Crippen LogP contribution in [0.3, 0.4) is 0 Å². The van der Waals surface area contributed by atoms with Crippen LogP contribution < -0.4 is 0 Å². The number of ether oxygens (including phenoxy) is 3. The van der Waals surface area contributed by atoms with Gasteiger partial charge in [-0.25, -0.2) is 0 Å². The third-order valence-electron chi connectivity index (χ3n) is 2.70. The number of hydrogen-bond acceptors (Lipinski definition) is 5. The van der Waals surface area contributed by atoms with Gasteiger partial charge in [0.15, 0.2) is 5.41 Å². The summed E-state index contributed by atoms with van der Waals surface area (Å²) in [6.07, 6.45) is 1.80. The van der Waals surface area contributed by atoms with Crippen LogP contribution in [0.25, 0.3) is 0 Å². The monoisotopic (exact) mass is 258 g/mol. The predicted molar refractivity (Wildman–Crippen MR) is 66.8 cm³/mol. The second-order valence-corrected chi connectivity index (χ2v) is 3.66. The molecule has 0 rings (SSSR count). The van der Waals surface area contributed by atoms with Gasteiger partial charge in [-0.05, 0) is 20.3 Å².